The number of imidazole rings is 1. The van der Waals surface area contributed by atoms with Crippen LogP contribution < -0.4 is 11.5 Å². The highest BCUT2D eigenvalue weighted by Gasteiger charge is 2.23. The Bertz CT molecular complexity index is 861. The Hall–Kier alpha value is -2.34. The molecule has 4 rings (SSSR count). The molecule has 3 aromatic heterocycles. The van der Waals surface area contributed by atoms with Gasteiger partial charge in [-0.3, -0.25) is 4.57 Å². The highest BCUT2D eigenvalue weighted by Crippen LogP contribution is 2.35. The number of hydrogen-bond donors (Lipinski definition) is 2. The molecule has 0 atom stereocenters. The molecule has 1 aliphatic carbocycles. The normalized spacial score (nSPS) is 15.5. The fourth-order valence-corrected chi connectivity index (χ4v) is 3.62. The van der Waals surface area contributed by atoms with Crippen LogP contribution in [0.15, 0.2) is 24.3 Å². The van der Waals surface area contributed by atoms with E-state index in [1.54, 1.807) is 12.1 Å². The minimum Gasteiger partial charge on any atom is -0.384 e. The zero-order valence-electron chi connectivity index (χ0n) is 12.5. The van der Waals surface area contributed by atoms with Gasteiger partial charge in [-0.05, 0) is 48.7 Å². The molecule has 0 unspecified atom stereocenters. The molecule has 0 saturated heterocycles. The van der Waals surface area contributed by atoms with Crippen molar-refractivity contribution < 1.29 is 0 Å². The van der Waals surface area contributed by atoms with E-state index in [4.69, 9.17) is 28.1 Å². The minimum atomic E-state index is 0.378. The van der Waals surface area contributed by atoms with Crippen molar-refractivity contribution in [3.8, 4) is 11.3 Å². The van der Waals surface area contributed by atoms with E-state index in [-0.39, 0.29) is 0 Å². The van der Waals surface area contributed by atoms with E-state index in [0.29, 0.717) is 23.0 Å². The third-order valence-corrected chi connectivity index (χ3v) is 4.61. The Morgan fingerprint density at radius 3 is 2.39 bits per heavy atom. The van der Waals surface area contributed by atoms with Gasteiger partial charge in [-0.25, -0.2) is 15.0 Å². The Kier molecular flexibility index (Phi) is 3.34. The summed E-state index contributed by atoms with van der Waals surface area (Å²) in [5, 5.41) is 0.505. The first-order chi connectivity index (χ1) is 11.1. The second kappa shape index (κ2) is 5.38. The first-order valence-electron chi connectivity index (χ1n) is 7.70. The second-order valence-corrected chi connectivity index (χ2v) is 6.27. The first-order valence-corrected chi connectivity index (χ1v) is 8.07. The van der Waals surface area contributed by atoms with Crippen molar-refractivity contribution in [3.05, 3.63) is 29.5 Å². The number of nitrogens with zero attached hydrogens (tertiary/aromatic N) is 4. The summed E-state index contributed by atoms with van der Waals surface area (Å²) in [7, 11) is 0. The fourth-order valence-electron chi connectivity index (χ4n) is 3.31. The Labute approximate surface area is 138 Å². The summed E-state index contributed by atoms with van der Waals surface area (Å²) in [6, 6.07) is 7.74. The van der Waals surface area contributed by atoms with E-state index in [0.717, 1.165) is 35.3 Å². The summed E-state index contributed by atoms with van der Waals surface area (Å²) >= 11 is 6.36. The van der Waals surface area contributed by atoms with E-state index in [1.807, 2.05) is 12.1 Å². The van der Waals surface area contributed by atoms with Gasteiger partial charge in [0.25, 0.3) is 0 Å². The molecule has 3 aromatic rings. The molecule has 118 valence electrons. The lowest BCUT2D eigenvalue weighted by Gasteiger charge is -2.13. The molecule has 0 aromatic carbocycles. The fraction of sp³-hybridized carbons (Fsp3) is 0.312. The summed E-state index contributed by atoms with van der Waals surface area (Å²) in [5.41, 5.74) is 14.8. The van der Waals surface area contributed by atoms with Gasteiger partial charge in [0, 0.05) is 11.6 Å². The molecule has 1 fully saturated rings. The lowest BCUT2D eigenvalue weighted by atomic mass is 10.1. The van der Waals surface area contributed by atoms with Gasteiger partial charge in [0.2, 0.25) is 5.28 Å². The van der Waals surface area contributed by atoms with Crippen molar-refractivity contribution in [3.63, 3.8) is 0 Å². The third kappa shape index (κ3) is 2.49. The number of hydrogen-bond acceptors (Lipinski definition) is 5. The summed E-state index contributed by atoms with van der Waals surface area (Å²) in [6.07, 6.45) is 4.67. The number of rotatable bonds is 2. The minimum absolute atomic E-state index is 0.378. The number of nitrogens with two attached hydrogens (primary N) is 2. The number of anilines is 2. The zero-order chi connectivity index (χ0) is 16.0. The van der Waals surface area contributed by atoms with Gasteiger partial charge in [-0.1, -0.05) is 12.8 Å². The molecule has 7 heteroatoms. The molecule has 3 heterocycles. The van der Waals surface area contributed by atoms with Gasteiger partial charge < -0.3 is 11.5 Å². The number of aromatic nitrogens is 4. The summed E-state index contributed by atoms with van der Waals surface area (Å²) in [4.78, 5) is 13.2. The van der Waals surface area contributed by atoms with Gasteiger partial charge in [-0.15, -0.1) is 0 Å². The van der Waals surface area contributed by atoms with Gasteiger partial charge in [0.05, 0.1) is 5.69 Å². The quantitative estimate of drug-likeness (QED) is 0.751. The largest absolute Gasteiger partial charge is 0.384 e. The lowest BCUT2D eigenvalue weighted by molar-refractivity contribution is 0.530. The molecule has 4 N–H and O–H groups in total. The van der Waals surface area contributed by atoms with Gasteiger partial charge >= 0.3 is 0 Å². The topological polar surface area (TPSA) is 95.6 Å². The van der Waals surface area contributed by atoms with E-state index in [9.17, 15) is 0 Å². The summed E-state index contributed by atoms with van der Waals surface area (Å²) in [5.74, 6) is 0.758. The predicted octanol–water partition coefficient (Wildman–Crippen LogP) is 3.43. The maximum atomic E-state index is 6.36. The van der Waals surface area contributed by atoms with E-state index in [2.05, 4.69) is 14.5 Å². The molecular formula is C16H17ClN6. The molecule has 0 radical (unpaired) electrons. The molecule has 1 aliphatic rings. The van der Waals surface area contributed by atoms with Crippen LogP contribution in [-0.4, -0.2) is 19.5 Å². The molecule has 0 spiro atoms. The number of fused-ring (bicyclic) bond motifs is 1. The zero-order valence-corrected chi connectivity index (χ0v) is 13.3. The third-order valence-electron chi connectivity index (χ3n) is 4.34. The van der Waals surface area contributed by atoms with Gasteiger partial charge in [0.15, 0.2) is 5.65 Å². The maximum Gasteiger partial charge on any atom is 0.205 e. The number of nitrogen functional groups attached to an aromatic ring is 2. The van der Waals surface area contributed by atoms with Gasteiger partial charge in [0.1, 0.15) is 17.2 Å². The van der Waals surface area contributed by atoms with Crippen LogP contribution in [0.5, 0.6) is 0 Å². The van der Waals surface area contributed by atoms with Crippen molar-refractivity contribution in [2.75, 3.05) is 11.5 Å². The van der Waals surface area contributed by atoms with Crippen LogP contribution in [-0.2, 0) is 0 Å². The van der Waals surface area contributed by atoms with Crippen molar-refractivity contribution in [2.24, 2.45) is 0 Å². The number of halogens is 1. The SMILES string of the molecule is Nc1cc(-c2ccc3nc(Cl)n(C4CCCC4)c3n2)cc(N)n1. The molecular weight excluding hydrogens is 312 g/mol. The maximum absolute atomic E-state index is 6.36. The van der Waals surface area contributed by atoms with Crippen molar-refractivity contribution >= 4 is 34.4 Å². The molecule has 6 nitrogen and oxygen atoms in total. The molecule has 0 amide bonds. The number of pyridine rings is 2. The highest BCUT2D eigenvalue weighted by molar-refractivity contribution is 6.29. The van der Waals surface area contributed by atoms with Crippen molar-refractivity contribution in [2.45, 2.75) is 31.7 Å². The average Bonchev–Trinajstić information content (AvgIpc) is 3.11. The smallest absolute Gasteiger partial charge is 0.205 e. The Morgan fingerprint density at radius 1 is 1.00 bits per heavy atom. The molecule has 1 saturated carbocycles. The second-order valence-electron chi connectivity index (χ2n) is 5.93. The van der Waals surface area contributed by atoms with E-state index in [1.165, 1.54) is 12.8 Å². The van der Waals surface area contributed by atoms with Crippen LogP contribution in [0.3, 0.4) is 0 Å². The Balaban J connectivity index is 1.87. The first kappa shape index (κ1) is 14.3. The molecule has 0 aliphatic heterocycles. The van der Waals surface area contributed by atoms with Crippen LogP contribution in [0.2, 0.25) is 5.28 Å². The molecule has 23 heavy (non-hydrogen) atoms. The summed E-state index contributed by atoms with van der Waals surface area (Å²) in [6.45, 7) is 0. The standard InChI is InChI=1S/C16H17ClN6/c17-16-21-12-6-5-11(9-7-13(18)22-14(19)8-9)20-15(12)23(16)10-3-1-2-4-10/h5-8,10H,1-4H2,(H4,18,19,22). The highest BCUT2D eigenvalue weighted by atomic mass is 35.5. The van der Waals surface area contributed by atoms with Crippen LogP contribution >= 0.6 is 11.6 Å². The van der Waals surface area contributed by atoms with Crippen LogP contribution in [0.25, 0.3) is 22.4 Å². The van der Waals surface area contributed by atoms with E-state index >= 15 is 0 Å². The van der Waals surface area contributed by atoms with Crippen molar-refractivity contribution in [1.82, 2.24) is 19.5 Å². The Morgan fingerprint density at radius 2 is 1.70 bits per heavy atom. The molecule has 0 bridgehead atoms. The predicted molar refractivity (Wildman–Crippen MR) is 92.1 cm³/mol. The average molecular weight is 329 g/mol. The monoisotopic (exact) mass is 328 g/mol. The summed E-state index contributed by atoms with van der Waals surface area (Å²) < 4.78 is 2.06. The van der Waals surface area contributed by atoms with Gasteiger partial charge in [-0.2, -0.15) is 0 Å². The van der Waals surface area contributed by atoms with E-state index < -0.39 is 0 Å². The van der Waals surface area contributed by atoms with Crippen molar-refractivity contribution in [1.29, 1.82) is 0 Å². The van der Waals surface area contributed by atoms with Crippen LogP contribution in [0, 0.1) is 0 Å². The van der Waals surface area contributed by atoms with Crippen LogP contribution in [0.1, 0.15) is 31.7 Å². The van der Waals surface area contributed by atoms with Crippen LogP contribution in [0.4, 0.5) is 11.6 Å². The lowest BCUT2D eigenvalue weighted by Crippen LogP contribution is -2.06.